The molecule has 0 spiro atoms. The van der Waals surface area contributed by atoms with Gasteiger partial charge in [-0.25, -0.2) is 14.4 Å². The Morgan fingerprint density at radius 2 is 1.81 bits per heavy atom. The summed E-state index contributed by atoms with van der Waals surface area (Å²) < 4.78 is 58.3. The number of nitrogens with one attached hydrogen (secondary N) is 2. The zero-order valence-corrected chi connectivity index (χ0v) is 17.5. The summed E-state index contributed by atoms with van der Waals surface area (Å²) in [4.78, 5) is 20.5. The van der Waals surface area contributed by atoms with Crippen molar-refractivity contribution in [2.45, 2.75) is 26.4 Å². The van der Waals surface area contributed by atoms with Gasteiger partial charge in [0.25, 0.3) is 5.91 Å². The Bertz CT molecular complexity index is 1150. The van der Waals surface area contributed by atoms with Gasteiger partial charge in [-0.2, -0.15) is 13.2 Å². The molecule has 0 aliphatic carbocycles. The Morgan fingerprint density at radius 3 is 2.44 bits per heavy atom. The Labute approximate surface area is 181 Å². The molecule has 0 saturated carbocycles. The first-order valence-electron chi connectivity index (χ1n) is 9.58. The average molecular weight is 448 g/mol. The quantitative estimate of drug-likeness (QED) is 0.487. The van der Waals surface area contributed by atoms with E-state index in [9.17, 15) is 22.4 Å². The van der Waals surface area contributed by atoms with Crippen LogP contribution < -0.4 is 15.4 Å². The van der Waals surface area contributed by atoms with Crippen molar-refractivity contribution in [2.75, 3.05) is 17.7 Å². The molecule has 0 aliphatic heterocycles. The lowest BCUT2D eigenvalue weighted by Gasteiger charge is -2.17. The molecule has 2 heterocycles. The minimum Gasteiger partial charge on any atom is -0.481 e. The Balaban J connectivity index is 2.01. The highest BCUT2D eigenvalue weighted by molar-refractivity contribution is 6.08. The van der Waals surface area contributed by atoms with Crippen molar-refractivity contribution in [1.82, 2.24) is 9.97 Å². The number of aromatic nitrogens is 2. The maximum Gasteiger partial charge on any atom is 0.433 e. The topological polar surface area (TPSA) is 76.1 Å². The number of pyridine rings is 2. The fraction of sp³-hybridized carbons (Fsp3) is 0.227. The molecule has 2 aromatic heterocycles. The summed E-state index contributed by atoms with van der Waals surface area (Å²) in [6.07, 6.45) is -3.35. The van der Waals surface area contributed by atoms with Crippen LogP contribution in [0.2, 0.25) is 0 Å². The van der Waals surface area contributed by atoms with Gasteiger partial charge in [0.2, 0.25) is 5.88 Å². The van der Waals surface area contributed by atoms with Crippen LogP contribution in [0.15, 0.2) is 42.6 Å². The van der Waals surface area contributed by atoms with Crippen LogP contribution in [0, 0.1) is 12.7 Å². The molecule has 2 N–H and O–H groups in total. The van der Waals surface area contributed by atoms with Gasteiger partial charge in [0.05, 0.1) is 35.9 Å². The van der Waals surface area contributed by atoms with Gasteiger partial charge in [-0.05, 0) is 49.2 Å². The predicted molar refractivity (Wildman–Crippen MR) is 112 cm³/mol. The number of ether oxygens (including phenoxy) is 1. The predicted octanol–water partition coefficient (Wildman–Crippen LogP) is 5.51. The van der Waals surface area contributed by atoms with E-state index in [1.54, 1.807) is 13.8 Å². The second kappa shape index (κ2) is 9.21. The first-order valence-corrected chi connectivity index (χ1v) is 9.58. The lowest BCUT2D eigenvalue weighted by atomic mass is 10.1. The van der Waals surface area contributed by atoms with Gasteiger partial charge in [-0.15, -0.1) is 0 Å². The number of halogens is 4. The number of carbonyl (C=O) groups excluding carboxylic acids is 1. The highest BCUT2D eigenvalue weighted by Gasteiger charge is 2.34. The summed E-state index contributed by atoms with van der Waals surface area (Å²) in [5.41, 5.74) is 0.308. The lowest BCUT2D eigenvalue weighted by molar-refractivity contribution is -0.141. The van der Waals surface area contributed by atoms with E-state index in [1.165, 1.54) is 37.4 Å². The molecule has 0 atom stereocenters. The van der Waals surface area contributed by atoms with Crippen molar-refractivity contribution in [3.05, 3.63) is 70.9 Å². The zero-order chi connectivity index (χ0) is 23.5. The molecule has 0 bridgehead atoms. The molecule has 0 fully saturated rings. The number of rotatable bonds is 6. The molecule has 32 heavy (non-hydrogen) atoms. The van der Waals surface area contributed by atoms with E-state index in [0.717, 1.165) is 6.20 Å². The van der Waals surface area contributed by atoms with Crippen molar-refractivity contribution < 1.29 is 27.1 Å². The van der Waals surface area contributed by atoms with Crippen LogP contribution in [0.3, 0.4) is 0 Å². The highest BCUT2D eigenvalue weighted by Crippen LogP contribution is 2.32. The molecule has 10 heteroatoms. The van der Waals surface area contributed by atoms with E-state index in [2.05, 4.69) is 20.6 Å². The lowest BCUT2D eigenvalue weighted by Crippen LogP contribution is -2.18. The molecule has 0 saturated heterocycles. The van der Waals surface area contributed by atoms with Crippen molar-refractivity contribution >= 4 is 23.0 Å². The molecule has 6 nitrogen and oxygen atoms in total. The third-order valence-electron chi connectivity index (χ3n) is 4.67. The molecule has 3 rings (SSSR count). The highest BCUT2D eigenvalue weighted by atomic mass is 19.4. The largest absolute Gasteiger partial charge is 0.481 e. The molecule has 0 aliphatic rings. The number of benzene rings is 1. The van der Waals surface area contributed by atoms with Gasteiger partial charge in [0.1, 0.15) is 11.5 Å². The van der Waals surface area contributed by atoms with Crippen LogP contribution in [0.5, 0.6) is 5.88 Å². The van der Waals surface area contributed by atoms with Crippen molar-refractivity contribution in [3.8, 4) is 5.88 Å². The van der Waals surface area contributed by atoms with E-state index >= 15 is 0 Å². The third kappa shape index (κ3) is 5.13. The van der Waals surface area contributed by atoms with Gasteiger partial charge in [-0.1, -0.05) is 6.92 Å². The first-order chi connectivity index (χ1) is 15.1. The Morgan fingerprint density at radius 1 is 1.09 bits per heavy atom. The van der Waals surface area contributed by atoms with Gasteiger partial charge >= 0.3 is 6.18 Å². The number of aryl methyl sites for hydroxylation is 2. The molecular weight excluding hydrogens is 428 g/mol. The summed E-state index contributed by atoms with van der Waals surface area (Å²) in [5, 5.41) is 5.47. The monoisotopic (exact) mass is 448 g/mol. The molecule has 1 aromatic carbocycles. The van der Waals surface area contributed by atoms with Crippen LogP contribution in [-0.2, 0) is 12.6 Å². The van der Waals surface area contributed by atoms with Crippen LogP contribution in [0.1, 0.15) is 34.2 Å². The number of anilines is 3. The molecule has 1 amide bonds. The number of hydrogen-bond donors (Lipinski definition) is 2. The fourth-order valence-corrected chi connectivity index (χ4v) is 2.99. The molecular formula is C22H20F4N4O2. The summed E-state index contributed by atoms with van der Waals surface area (Å²) >= 11 is 0. The van der Waals surface area contributed by atoms with Gasteiger partial charge < -0.3 is 15.4 Å². The van der Waals surface area contributed by atoms with Gasteiger partial charge in [-0.3, -0.25) is 4.79 Å². The smallest absolute Gasteiger partial charge is 0.433 e. The summed E-state index contributed by atoms with van der Waals surface area (Å²) in [7, 11) is 1.44. The minimum absolute atomic E-state index is 0.0379. The van der Waals surface area contributed by atoms with Crippen LogP contribution >= 0.6 is 0 Å². The number of methoxy groups -OCH3 is 1. The molecule has 0 radical (unpaired) electrons. The number of carbonyl (C=O) groups is 1. The van der Waals surface area contributed by atoms with E-state index in [0.29, 0.717) is 41.0 Å². The van der Waals surface area contributed by atoms with Gasteiger partial charge in [0, 0.05) is 11.8 Å². The van der Waals surface area contributed by atoms with Crippen molar-refractivity contribution in [3.63, 3.8) is 0 Å². The van der Waals surface area contributed by atoms with Crippen molar-refractivity contribution in [1.29, 1.82) is 0 Å². The zero-order valence-electron chi connectivity index (χ0n) is 17.5. The standard InChI is InChI=1S/C22H20F4N4O2/c1-4-13-9-14(23)5-6-17(13)29-18-11-27-19(22(24,25)26)10-15(18)21(31)30-16-7-8-20(32-3)28-12(16)2/h5-11,29H,4H2,1-3H3,(H,30,31). The average Bonchev–Trinajstić information content (AvgIpc) is 2.75. The van der Waals surface area contributed by atoms with Crippen LogP contribution in [0.25, 0.3) is 0 Å². The third-order valence-corrected chi connectivity index (χ3v) is 4.67. The fourth-order valence-electron chi connectivity index (χ4n) is 2.99. The maximum absolute atomic E-state index is 13.6. The van der Waals surface area contributed by atoms with Crippen molar-refractivity contribution in [2.24, 2.45) is 0 Å². The Kier molecular flexibility index (Phi) is 6.61. The summed E-state index contributed by atoms with van der Waals surface area (Å²) in [6.45, 7) is 3.43. The minimum atomic E-state index is -4.74. The maximum atomic E-state index is 13.6. The molecule has 3 aromatic rings. The number of hydrogen-bond acceptors (Lipinski definition) is 5. The molecule has 168 valence electrons. The van der Waals surface area contributed by atoms with E-state index in [4.69, 9.17) is 4.74 Å². The Hall–Kier alpha value is -3.69. The second-order valence-electron chi connectivity index (χ2n) is 6.83. The van der Waals surface area contributed by atoms with E-state index in [1.807, 2.05) is 0 Å². The SMILES string of the molecule is CCc1cc(F)ccc1Nc1cnc(C(F)(F)F)cc1C(=O)Nc1ccc(OC)nc1C. The molecule has 0 unspecified atom stereocenters. The summed E-state index contributed by atoms with van der Waals surface area (Å²) in [5.74, 6) is -0.913. The number of alkyl halides is 3. The number of nitrogens with zero attached hydrogens (tertiary/aromatic N) is 2. The van der Waals surface area contributed by atoms with E-state index in [-0.39, 0.29) is 11.3 Å². The normalized spacial score (nSPS) is 11.2. The second-order valence-corrected chi connectivity index (χ2v) is 6.83. The van der Waals surface area contributed by atoms with Crippen LogP contribution in [0.4, 0.5) is 34.6 Å². The van der Waals surface area contributed by atoms with Crippen LogP contribution in [-0.4, -0.2) is 23.0 Å². The summed E-state index contributed by atoms with van der Waals surface area (Å²) in [6, 6.07) is 7.69. The van der Waals surface area contributed by atoms with Gasteiger partial charge in [0.15, 0.2) is 0 Å². The first kappa shape index (κ1) is 23.0. The van der Waals surface area contributed by atoms with E-state index < -0.39 is 23.6 Å². The number of amides is 1.